The highest BCUT2D eigenvalue weighted by molar-refractivity contribution is 9.10. The van der Waals surface area contributed by atoms with E-state index in [9.17, 15) is 8.78 Å². The van der Waals surface area contributed by atoms with Crippen molar-refractivity contribution in [2.75, 3.05) is 26.3 Å². The summed E-state index contributed by atoms with van der Waals surface area (Å²) in [5, 5.41) is 3.14. The molecule has 17 heavy (non-hydrogen) atoms. The van der Waals surface area contributed by atoms with Crippen LogP contribution in [0.3, 0.4) is 0 Å². The Morgan fingerprint density at radius 2 is 2.29 bits per heavy atom. The second-order valence-corrected chi connectivity index (χ2v) is 4.56. The van der Waals surface area contributed by atoms with Crippen LogP contribution in [0.5, 0.6) is 5.75 Å². The number of nitrogens with one attached hydrogen (secondary N) is 1. The highest BCUT2D eigenvalue weighted by atomic mass is 79.9. The standard InChI is InChI=1S/C11H12BrF2NO2/c12-9-3-7(13)4-10(14)11(9)17-6-8-5-15-1-2-16-8/h3-4,8,15H,1-2,5-6H2. The molecule has 0 aromatic heterocycles. The zero-order valence-corrected chi connectivity index (χ0v) is 10.6. The molecule has 0 amide bonds. The van der Waals surface area contributed by atoms with Crippen molar-refractivity contribution in [3.8, 4) is 5.75 Å². The molecule has 0 bridgehead atoms. The molecule has 1 aliphatic rings. The first-order valence-electron chi connectivity index (χ1n) is 5.26. The van der Waals surface area contributed by atoms with E-state index < -0.39 is 11.6 Å². The van der Waals surface area contributed by atoms with Gasteiger partial charge in [0.2, 0.25) is 0 Å². The quantitative estimate of drug-likeness (QED) is 0.927. The summed E-state index contributed by atoms with van der Waals surface area (Å²) >= 11 is 3.06. The largest absolute Gasteiger partial charge is 0.487 e. The molecule has 1 saturated heterocycles. The fraction of sp³-hybridized carbons (Fsp3) is 0.455. The van der Waals surface area contributed by atoms with Crippen LogP contribution < -0.4 is 10.1 Å². The Balaban J connectivity index is 1.98. The number of halogens is 3. The van der Waals surface area contributed by atoms with Crippen molar-refractivity contribution < 1.29 is 18.3 Å². The zero-order valence-electron chi connectivity index (χ0n) is 9.01. The van der Waals surface area contributed by atoms with Gasteiger partial charge >= 0.3 is 0 Å². The summed E-state index contributed by atoms with van der Waals surface area (Å²) in [6.45, 7) is 2.32. The van der Waals surface area contributed by atoms with Crippen molar-refractivity contribution >= 4 is 15.9 Å². The van der Waals surface area contributed by atoms with E-state index in [0.717, 1.165) is 12.6 Å². The first-order valence-corrected chi connectivity index (χ1v) is 6.06. The van der Waals surface area contributed by atoms with Gasteiger partial charge in [-0.15, -0.1) is 0 Å². The van der Waals surface area contributed by atoms with E-state index >= 15 is 0 Å². The topological polar surface area (TPSA) is 30.5 Å². The van der Waals surface area contributed by atoms with Gasteiger partial charge in [-0.1, -0.05) is 0 Å². The molecule has 0 saturated carbocycles. The minimum Gasteiger partial charge on any atom is -0.487 e. The Kier molecular flexibility index (Phi) is 4.31. The van der Waals surface area contributed by atoms with E-state index in [4.69, 9.17) is 9.47 Å². The van der Waals surface area contributed by atoms with Crippen LogP contribution in [-0.4, -0.2) is 32.4 Å². The predicted octanol–water partition coefficient (Wildman–Crippen LogP) is 2.09. The summed E-state index contributed by atoms with van der Waals surface area (Å²) in [6.07, 6.45) is -0.111. The number of hydrogen-bond donors (Lipinski definition) is 1. The second-order valence-electron chi connectivity index (χ2n) is 3.71. The van der Waals surface area contributed by atoms with Gasteiger partial charge < -0.3 is 14.8 Å². The molecule has 0 aliphatic carbocycles. The van der Waals surface area contributed by atoms with E-state index in [1.54, 1.807) is 0 Å². The maximum Gasteiger partial charge on any atom is 0.169 e. The van der Waals surface area contributed by atoms with Gasteiger partial charge in [0, 0.05) is 19.2 Å². The van der Waals surface area contributed by atoms with Crippen LogP contribution in [-0.2, 0) is 4.74 Å². The van der Waals surface area contributed by atoms with Gasteiger partial charge in [0.05, 0.1) is 11.1 Å². The van der Waals surface area contributed by atoms with Gasteiger partial charge in [-0.3, -0.25) is 0 Å². The number of morpholine rings is 1. The lowest BCUT2D eigenvalue weighted by Crippen LogP contribution is -2.41. The summed E-state index contributed by atoms with van der Waals surface area (Å²) in [5.74, 6) is -1.35. The predicted molar refractivity (Wildman–Crippen MR) is 62.2 cm³/mol. The molecule has 6 heteroatoms. The number of benzene rings is 1. The summed E-state index contributed by atoms with van der Waals surface area (Å²) < 4.78 is 37.2. The van der Waals surface area contributed by atoms with Crippen LogP contribution in [0.1, 0.15) is 0 Å². The van der Waals surface area contributed by atoms with Crippen molar-refractivity contribution in [1.29, 1.82) is 0 Å². The summed E-state index contributed by atoms with van der Waals surface area (Å²) in [7, 11) is 0. The number of rotatable bonds is 3. The first-order chi connectivity index (χ1) is 8.16. The molecule has 3 nitrogen and oxygen atoms in total. The molecule has 1 aromatic carbocycles. The van der Waals surface area contributed by atoms with E-state index in [1.165, 1.54) is 6.07 Å². The SMILES string of the molecule is Fc1cc(F)c(OCC2CNCCO2)c(Br)c1. The number of hydrogen-bond acceptors (Lipinski definition) is 3. The Labute approximate surface area is 106 Å². The minimum absolute atomic E-state index is 0.0144. The van der Waals surface area contributed by atoms with Crippen LogP contribution >= 0.6 is 15.9 Å². The van der Waals surface area contributed by atoms with Crippen LogP contribution in [0, 0.1) is 11.6 Å². The van der Waals surface area contributed by atoms with Gasteiger partial charge in [0.15, 0.2) is 11.6 Å². The lowest BCUT2D eigenvalue weighted by molar-refractivity contribution is -0.000725. The highest BCUT2D eigenvalue weighted by Crippen LogP contribution is 2.29. The average Bonchev–Trinajstić information content (AvgIpc) is 2.29. The van der Waals surface area contributed by atoms with Gasteiger partial charge in [-0.25, -0.2) is 8.78 Å². The smallest absolute Gasteiger partial charge is 0.169 e. The lowest BCUT2D eigenvalue weighted by atomic mass is 10.3. The average molecular weight is 308 g/mol. The molecular weight excluding hydrogens is 296 g/mol. The zero-order chi connectivity index (χ0) is 12.3. The van der Waals surface area contributed by atoms with E-state index in [2.05, 4.69) is 21.2 Å². The molecule has 1 aliphatic heterocycles. The summed E-state index contributed by atoms with van der Waals surface area (Å²) in [5.41, 5.74) is 0. The fourth-order valence-corrected chi connectivity index (χ4v) is 2.09. The second kappa shape index (κ2) is 5.75. The summed E-state index contributed by atoms with van der Waals surface area (Å²) in [4.78, 5) is 0. The molecule has 1 atom stereocenters. The molecule has 1 N–H and O–H groups in total. The van der Waals surface area contributed by atoms with E-state index in [-0.39, 0.29) is 22.9 Å². The van der Waals surface area contributed by atoms with Gasteiger partial charge in [0.25, 0.3) is 0 Å². The van der Waals surface area contributed by atoms with E-state index in [0.29, 0.717) is 13.2 Å². The molecule has 0 radical (unpaired) electrons. The van der Waals surface area contributed by atoms with Gasteiger partial charge in [-0.2, -0.15) is 0 Å². The molecule has 94 valence electrons. The van der Waals surface area contributed by atoms with Crippen LogP contribution in [0.25, 0.3) is 0 Å². The molecular formula is C11H12BrF2NO2. The van der Waals surface area contributed by atoms with Crippen molar-refractivity contribution in [2.45, 2.75) is 6.10 Å². The van der Waals surface area contributed by atoms with Crippen LogP contribution in [0.4, 0.5) is 8.78 Å². The molecule has 1 aromatic rings. The highest BCUT2D eigenvalue weighted by Gasteiger charge is 2.17. The fourth-order valence-electron chi connectivity index (χ4n) is 1.57. The molecule has 1 unspecified atom stereocenters. The normalized spacial score (nSPS) is 20.3. The first kappa shape index (κ1) is 12.7. The number of ether oxygens (including phenoxy) is 2. The Morgan fingerprint density at radius 1 is 1.47 bits per heavy atom. The Hall–Kier alpha value is -0.720. The van der Waals surface area contributed by atoms with Crippen molar-refractivity contribution in [1.82, 2.24) is 5.32 Å². The minimum atomic E-state index is -0.722. The molecule has 1 fully saturated rings. The molecule has 2 rings (SSSR count). The third-order valence-electron chi connectivity index (χ3n) is 2.38. The van der Waals surface area contributed by atoms with Crippen LogP contribution in [0.15, 0.2) is 16.6 Å². The van der Waals surface area contributed by atoms with Crippen molar-refractivity contribution in [2.24, 2.45) is 0 Å². The van der Waals surface area contributed by atoms with Crippen molar-refractivity contribution in [3.05, 3.63) is 28.2 Å². The van der Waals surface area contributed by atoms with Gasteiger partial charge in [0.1, 0.15) is 18.5 Å². The third-order valence-corrected chi connectivity index (χ3v) is 2.97. The Bertz CT molecular complexity index is 374. The maximum atomic E-state index is 13.4. The third kappa shape index (κ3) is 3.37. The molecule has 1 heterocycles. The lowest BCUT2D eigenvalue weighted by Gasteiger charge is -2.23. The Morgan fingerprint density at radius 3 is 2.94 bits per heavy atom. The summed E-state index contributed by atoms with van der Waals surface area (Å²) in [6, 6.07) is 1.96. The van der Waals surface area contributed by atoms with Crippen LogP contribution in [0.2, 0.25) is 0 Å². The van der Waals surface area contributed by atoms with Crippen molar-refractivity contribution in [3.63, 3.8) is 0 Å². The monoisotopic (exact) mass is 307 g/mol. The molecule has 0 spiro atoms. The maximum absolute atomic E-state index is 13.4. The van der Waals surface area contributed by atoms with Gasteiger partial charge in [-0.05, 0) is 22.0 Å². The van der Waals surface area contributed by atoms with E-state index in [1.807, 2.05) is 0 Å².